The molecule has 1 heterocycles. The second-order valence-electron chi connectivity index (χ2n) is 4.38. The van der Waals surface area contributed by atoms with Crippen LogP contribution in [0.5, 0.6) is 0 Å². The van der Waals surface area contributed by atoms with Crippen LogP contribution >= 0.6 is 15.9 Å². The first-order valence-electron chi connectivity index (χ1n) is 6.04. The number of hydrogen-bond acceptors (Lipinski definition) is 5. The molecular weight excluding hydrogens is 342 g/mol. The quantitative estimate of drug-likeness (QED) is 0.672. The average molecular weight is 354 g/mol. The van der Waals surface area contributed by atoms with Gasteiger partial charge in [-0.3, -0.25) is 14.9 Å². The number of aromatic nitrogens is 1. The molecule has 110 valence electrons. The Morgan fingerprint density at radius 1 is 1.48 bits per heavy atom. The van der Waals surface area contributed by atoms with Gasteiger partial charge in [0.15, 0.2) is 0 Å². The molecule has 0 saturated carbocycles. The summed E-state index contributed by atoms with van der Waals surface area (Å²) in [6.07, 6.45) is 0. The molecule has 0 radical (unpaired) electrons. The molecule has 0 unspecified atom stereocenters. The fraction of sp³-hybridized carbons (Fsp3) is 0.231. The highest BCUT2D eigenvalue weighted by molar-refractivity contribution is 9.10. The van der Waals surface area contributed by atoms with Crippen LogP contribution in [0.1, 0.15) is 27.4 Å². The second-order valence-corrected chi connectivity index (χ2v) is 5.17. The van der Waals surface area contributed by atoms with Gasteiger partial charge >= 0.3 is 0 Å². The zero-order valence-corrected chi connectivity index (χ0v) is 12.9. The Morgan fingerprint density at radius 3 is 2.76 bits per heavy atom. The first-order chi connectivity index (χ1) is 9.91. The van der Waals surface area contributed by atoms with E-state index in [1.165, 1.54) is 18.2 Å². The van der Waals surface area contributed by atoms with Crippen molar-refractivity contribution in [2.24, 2.45) is 0 Å². The molecule has 2 rings (SSSR count). The molecule has 0 aliphatic rings. The summed E-state index contributed by atoms with van der Waals surface area (Å²) in [7, 11) is 0. The Hall–Kier alpha value is -2.22. The molecule has 8 heteroatoms. The van der Waals surface area contributed by atoms with Gasteiger partial charge in [0, 0.05) is 18.2 Å². The molecule has 2 aromatic rings. The van der Waals surface area contributed by atoms with Crippen LogP contribution in [0.4, 0.5) is 5.69 Å². The van der Waals surface area contributed by atoms with Gasteiger partial charge in [0.2, 0.25) is 0 Å². The number of nitro benzene ring substituents is 1. The number of nitro groups is 1. The molecule has 0 fully saturated rings. The van der Waals surface area contributed by atoms with Crippen molar-refractivity contribution in [1.82, 2.24) is 10.5 Å². The minimum atomic E-state index is -0.546. The Balaban J connectivity index is 2.18. The Bertz CT molecular complexity index is 692. The molecule has 0 spiro atoms. The lowest BCUT2D eigenvalue weighted by molar-refractivity contribution is -0.385. The van der Waals surface area contributed by atoms with E-state index >= 15 is 0 Å². The summed E-state index contributed by atoms with van der Waals surface area (Å²) in [5.74, 6) is 0.219. The average Bonchev–Trinajstić information content (AvgIpc) is 2.75. The number of nitrogens with one attached hydrogen (secondary N) is 1. The van der Waals surface area contributed by atoms with Crippen molar-refractivity contribution in [3.8, 4) is 0 Å². The molecule has 21 heavy (non-hydrogen) atoms. The molecule has 7 nitrogen and oxygen atoms in total. The molecule has 1 amide bonds. The van der Waals surface area contributed by atoms with E-state index in [-0.39, 0.29) is 22.3 Å². The number of carbonyl (C=O) groups is 1. The van der Waals surface area contributed by atoms with Crippen LogP contribution in [0.2, 0.25) is 0 Å². The highest BCUT2D eigenvalue weighted by Crippen LogP contribution is 2.28. The minimum Gasteiger partial charge on any atom is -0.361 e. The van der Waals surface area contributed by atoms with Crippen molar-refractivity contribution in [3.05, 3.63) is 55.4 Å². The van der Waals surface area contributed by atoms with Crippen molar-refractivity contribution >= 4 is 27.5 Å². The Kier molecular flexibility index (Phi) is 4.37. The molecule has 0 saturated heterocycles. The minimum absolute atomic E-state index is 0.153. The highest BCUT2D eigenvalue weighted by Gasteiger charge is 2.20. The van der Waals surface area contributed by atoms with E-state index in [4.69, 9.17) is 4.52 Å². The lowest BCUT2D eigenvalue weighted by Gasteiger charge is -2.07. The predicted octanol–water partition coefficient (Wildman–Crippen LogP) is 2.89. The summed E-state index contributed by atoms with van der Waals surface area (Å²) >= 11 is 3.10. The number of rotatable bonds is 4. The lowest BCUT2D eigenvalue weighted by Crippen LogP contribution is -2.23. The van der Waals surface area contributed by atoms with Gasteiger partial charge in [-0.25, -0.2) is 0 Å². The van der Waals surface area contributed by atoms with E-state index in [1.54, 1.807) is 13.8 Å². The van der Waals surface area contributed by atoms with Crippen LogP contribution in [0.25, 0.3) is 0 Å². The van der Waals surface area contributed by atoms with Crippen molar-refractivity contribution in [1.29, 1.82) is 0 Å². The van der Waals surface area contributed by atoms with Gasteiger partial charge < -0.3 is 9.84 Å². The Morgan fingerprint density at radius 2 is 2.19 bits per heavy atom. The van der Waals surface area contributed by atoms with Gasteiger partial charge in [-0.2, -0.15) is 0 Å². The largest absolute Gasteiger partial charge is 0.361 e. The zero-order valence-electron chi connectivity index (χ0n) is 11.3. The number of hydrogen-bond donors (Lipinski definition) is 1. The van der Waals surface area contributed by atoms with E-state index in [0.717, 1.165) is 5.56 Å². The SMILES string of the molecule is Cc1noc(C)c1CNC(=O)c1cccc([N+](=O)[O-])c1Br. The number of carbonyl (C=O) groups excluding carboxylic acids is 1. The van der Waals surface area contributed by atoms with E-state index in [1.807, 2.05) is 0 Å². The number of halogens is 1. The van der Waals surface area contributed by atoms with E-state index < -0.39 is 10.8 Å². The normalized spacial score (nSPS) is 10.4. The van der Waals surface area contributed by atoms with Crippen LogP contribution < -0.4 is 5.32 Å². The fourth-order valence-electron chi connectivity index (χ4n) is 1.85. The molecule has 0 aliphatic carbocycles. The maximum Gasteiger partial charge on any atom is 0.284 e. The van der Waals surface area contributed by atoms with Crippen LogP contribution in [-0.2, 0) is 6.54 Å². The number of nitrogens with zero attached hydrogens (tertiary/aromatic N) is 2. The van der Waals surface area contributed by atoms with Gasteiger partial charge in [0.25, 0.3) is 11.6 Å². The van der Waals surface area contributed by atoms with Crippen molar-refractivity contribution < 1.29 is 14.2 Å². The van der Waals surface area contributed by atoms with Crippen molar-refractivity contribution in [2.75, 3.05) is 0 Å². The van der Waals surface area contributed by atoms with Gasteiger partial charge in [-0.15, -0.1) is 0 Å². The molecule has 0 bridgehead atoms. The molecule has 0 aliphatic heterocycles. The molecular formula is C13H12BrN3O4. The number of aryl methyl sites for hydroxylation is 2. The lowest BCUT2D eigenvalue weighted by atomic mass is 10.1. The third-order valence-electron chi connectivity index (χ3n) is 3.03. The topological polar surface area (TPSA) is 98.3 Å². The number of benzene rings is 1. The molecule has 1 N–H and O–H groups in total. The third-order valence-corrected chi connectivity index (χ3v) is 3.86. The summed E-state index contributed by atoms with van der Waals surface area (Å²) in [6, 6.07) is 4.31. The van der Waals surface area contributed by atoms with Gasteiger partial charge in [0.1, 0.15) is 10.2 Å². The van der Waals surface area contributed by atoms with Gasteiger partial charge in [-0.1, -0.05) is 11.2 Å². The smallest absolute Gasteiger partial charge is 0.284 e. The maximum absolute atomic E-state index is 12.1. The summed E-state index contributed by atoms with van der Waals surface area (Å²) in [6.45, 7) is 3.78. The molecule has 0 atom stereocenters. The third kappa shape index (κ3) is 3.10. The Labute approximate surface area is 128 Å². The first-order valence-corrected chi connectivity index (χ1v) is 6.84. The van der Waals surface area contributed by atoms with E-state index in [0.29, 0.717) is 11.5 Å². The zero-order chi connectivity index (χ0) is 15.6. The molecule has 1 aromatic carbocycles. The van der Waals surface area contributed by atoms with Crippen molar-refractivity contribution in [3.63, 3.8) is 0 Å². The maximum atomic E-state index is 12.1. The van der Waals surface area contributed by atoms with E-state index in [9.17, 15) is 14.9 Å². The summed E-state index contributed by atoms with van der Waals surface area (Å²) < 4.78 is 5.17. The van der Waals surface area contributed by atoms with Crippen LogP contribution in [0, 0.1) is 24.0 Å². The standard InChI is InChI=1S/C13H12BrN3O4/c1-7-10(8(2)21-16-7)6-15-13(18)9-4-3-5-11(12(9)14)17(19)20/h3-5H,6H2,1-2H3,(H,15,18). The van der Waals surface area contributed by atoms with Crippen molar-refractivity contribution in [2.45, 2.75) is 20.4 Å². The first kappa shape index (κ1) is 15.2. The van der Waals surface area contributed by atoms with Crippen LogP contribution in [0.3, 0.4) is 0 Å². The summed E-state index contributed by atoms with van der Waals surface area (Å²) in [5.41, 5.74) is 1.55. The predicted molar refractivity (Wildman–Crippen MR) is 77.9 cm³/mol. The summed E-state index contributed by atoms with van der Waals surface area (Å²) in [5, 5.41) is 17.3. The second kappa shape index (κ2) is 6.04. The number of amides is 1. The van der Waals surface area contributed by atoms with Crippen LogP contribution in [-0.4, -0.2) is 16.0 Å². The molecule has 1 aromatic heterocycles. The van der Waals surface area contributed by atoms with Gasteiger partial charge in [-0.05, 0) is 35.8 Å². The fourth-order valence-corrected chi connectivity index (χ4v) is 2.44. The van der Waals surface area contributed by atoms with E-state index in [2.05, 4.69) is 26.4 Å². The van der Waals surface area contributed by atoms with Gasteiger partial charge in [0.05, 0.1) is 16.2 Å². The van der Waals surface area contributed by atoms with Crippen LogP contribution in [0.15, 0.2) is 27.2 Å². The highest BCUT2D eigenvalue weighted by atomic mass is 79.9. The monoisotopic (exact) mass is 353 g/mol. The summed E-state index contributed by atoms with van der Waals surface area (Å²) in [4.78, 5) is 22.5.